The minimum absolute atomic E-state index is 0.000905. The van der Waals surface area contributed by atoms with Crippen LogP contribution in [-0.2, 0) is 43.1 Å². The molecule has 0 aromatic rings. The van der Waals surface area contributed by atoms with Crippen molar-refractivity contribution in [3.05, 3.63) is 24.3 Å². The standard InChI is InChI=1S/C34H48N6O9S/c1-2-3-18-36-27(42)17-22-40-32(47)23-24(34(40)48)50-33(11-7-8-19-37-26(41)16-21-39-30(45)14-15-31(39)46)49-25(35)10-6-4-5-9-20-38-28(43)12-13-29(38)44/h12-15,24,33,35H,2-11,16-23H2,1H3,(H,36,42)(H,37,41). The van der Waals surface area contributed by atoms with Crippen LogP contribution in [0.4, 0.5) is 0 Å². The molecule has 0 radical (unpaired) electrons. The van der Waals surface area contributed by atoms with Crippen LogP contribution in [0.3, 0.4) is 0 Å². The van der Waals surface area contributed by atoms with Gasteiger partial charge in [0.15, 0.2) is 5.90 Å². The van der Waals surface area contributed by atoms with Crippen molar-refractivity contribution < 1.29 is 43.1 Å². The lowest BCUT2D eigenvalue weighted by atomic mass is 10.1. The van der Waals surface area contributed by atoms with Crippen molar-refractivity contribution in [2.45, 2.75) is 101 Å². The second-order valence-electron chi connectivity index (χ2n) is 12.2. The number of ether oxygens (including phenoxy) is 1. The highest BCUT2D eigenvalue weighted by Gasteiger charge is 2.40. The Labute approximate surface area is 296 Å². The van der Waals surface area contributed by atoms with Gasteiger partial charge in [-0.05, 0) is 38.5 Å². The SMILES string of the molecule is CCCCNC(=O)CCN1C(=O)CC(SC(CCCCNC(=O)CCN2C(=O)C=CC2=O)OC(=N)CCCCCCN2C(=O)C=CC2=O)C1=O. The molecule has 3 heterocycles. The average Bonchev–Trinajstić information content (AvgIpc) is 3.67. The maximum absolute atomic E-state index is 13.2. The lowest BCUT2D eigenvalue weighted by molar-refractivity contribution is -0.140. The number of nitrogens with zero attached hydrogens (tertiary/aromatic N) is 3. The van der Waals surface area contributed by atoms with Crippen molar-refractivity contribution in [3.8, 4) is 0 Å². The van der Waals surface area contributed by atoms with Crippen LogP contribution in [0.5, 0.6) is 0 Å². The maximum Gasteiger partial charge on any atom is 0.253 e. The molecule has 0 aromatic heterocycles. The lowest BCUT2D eigenvalue weighted by Crippen LogP contribution is -2.36. The van der Waals surface area contributed by atoms with Crippen molar-refractivity contribution in [1.29, 1.82) is 5.41 Å². The van der Waals surface area contributed by atoms with Crippen LogP contribution in [0.25, 0.3) is 0 Å². The van der Waals surface area contributed by atoms with Gasteiger partial charge in [-0.3, -0.25) is 58.5 Å². The molecule has 0 aliphatic carbocycles. The Balaban J connectivity index is 1.43. The molecular formula is C34H48N6O9S. The summed E-state index contributed by atoms with van der Waals surface area (Å²) in [5, 5.41) is 13.3. The fourth-order valence-electron chi connectivity index (χ4n) is 5.43. The van der Waals surface area contributed by atoms with Crippen molar-refractivity contribution >= 4 is 64.9 Å². The number of carbonyl (C=O) groups excluding carboxylic acids is 8. The molecule has 2 unspecified atom stereocenters. The fourth-order valence-corrected chi connectivity index (χ4v) is 6.76. The molecular weight excluding hydrogens is 668 g/mol. The highest BCUT2D eigenvalue weighted by atomic mass is 32.2. The van der Waals surface area contributed by atoms with Gasteiger partial charge in [0.05, 0.1) is 5.25 Å². The number of rotatable bonds is 24. The summed E-state index contributed by atoms with van der Waals surface area (Å²) < 4.78 is 5.98. The minimum atomic E-state index is -0.709. The number of nitrogens with one attached hydrogen (secondary N) is 3. The third-order valence-corrected chi connectivity index (χ3v) is 9.63. The van der Waals surface area contributed by atoms with Crippen LogP contribution in [-0.4, -0.2) is 111 Å². The first-order valence-electron chi connectivity index (χ1n) is 17.3. The van der Waals surface area contributed by atoms with Gasteiger partial charge in [-0.2, -0.15) is 0 Å². The zero-order valence-electron chi connectivity index (χ0n) is 28.6. The Bertz CT molecular complexity index is 1330. The first kappa shape index (κ1) is 40.1. The molecule has 3 aliphatic rings. The molecule has 16 heteroatoms. The molecule has 8 amide bonds. The van der Waals surface area contributed by atoms with Gasteiger partial charge in [0, 0.05) is 82.7 Å². The summed E-state index contributed by atoms with van der Waals surface area (Å²) in [6, 6.07) is 0. The third-order valence-electron chi connectivity index (χ3n) is 8.30. The summed E-state index contributed by atoms with van der Waals surface area (Å²) in [7, 11) is 0. The number of hydrogen-bond acceptors (Lipinski definition) is 11. The molecule has 15 nitrogen and oxygen atoms in total. The van der Waals surface area contributed by atoms with Gasteiger partial charge in [-0.15, -0.1) is 11.8 Å². The van der Waals surface area contributed by atoms with E-state index < -0.39 is 22.5 Å². The first-order valence-corrected chi connectivity index (χ1v) is 18.3. The largest absolute Gasteiger partial charge is 0.467 e. The summed E-state index contributed by atoms with van der Waals surface area (Å²) in [4.78, 5) is 100. The number of hydrogen-bond donors (Lipinski definition) is 3. The normalized spacial score (nSPS) is 17.8. The second kappa shape index (κ2) is 21.0. The molecule has 0 bridgehead atoms. The van der Waals surface area contributed by atoms with Crippen molar-refractivity contribution in [2.24, 2.45) is 0 Å². The molecule has 0 spiro atoms. The Morgan fingerprint density at radius 3 is 1.88 bits per heavy atom. The Kier molecular flexibility index (Phi) is 16.8. The van der Waals surface area contributed by atoms with Gasteiger partial charge in [0.25, 0.3) is 23.6 Å². The van der Waals surface area contributed by atoms with Gasteiger partial charge in [0.1, 0.15) is 5.44 Å². The Morgan fingerprint density at radius 1 is 0.740 bits per heavy atom. The van der Waals surface area contributed by atoms with E-state index in [1.165, 1.54) is 41.0 Å². The predicted octanol–water partition coefficient (Wildman–Crippen LogP) is 1.95. The van der Waals surface area contributed by atoms with Crippen LogP contribution in [0, 0.1) is 5.41 Å². The summed E-state index contributed by atoms with van der Waals surface area (Å²) in [5.41, 5.74) is -0.600. The molecule has 3 rings (SSSR count). The number of amides is 8. The van der Waals surface area contributed by atoms with Crippen molar-refractivity contribution in [3.63, 3.8) is 0 Å². The van der Waals surface area contributed by atoms with Gasteiger partial charge in [-0.25, -0.2) is 0 Å². The molecule has 2 atom stereocenters. The van der Waals surface area contributed by atoms with Gasteiger partial charge >= 0.3 is 0 Å². The fraction of sp³-hybridized carbons (Fsp3) is 0.618. The third kappa shape index (κ3) is 13.2. The minimum Gasteiger partial charge on any atom is -0.467 e. The van der Waals surface area contributed by atoms with E-state index in [1.807, 2.05) is 6.92 Å². The molecule has 1 saturated heterocycles. The number of carbonyl (C=O) groups is 8. The van der Waals surface area contributed by atoms with Gasteiger partial charge in [0.2, 0.25) is 23.6 Å². The van der Waals surface area contributed by atoms with Gasteiger partial charge in [-0.1, -0.05) is 26.2 Å². The highest BCUT2D eigenvalue weighted by molar-refractivity contribution is 8.01. The number of unbranched alkanes of at least 4 members (excludes halogenated alkanes) is 5. The molecule has 3 aliphatic heterocycles. The van der Waals surface area contributed by atoms with E-state index >= 15 is 0 Å². The number of thioether (sulfide) groups is 1. The van der Waals surface area contributed by atoms with Crippen LogP contribution in [0.2, 0.25) is 0 Å². The molecule has 50 heavy (non-hydrogen) atoms. The Hall–Kier alpha value is -4.34. The van der Waals surface area contributed by atoms with Gasteiger partial charge < -0.3 is 15.4 Å². The number of likely N-dealkylation sites (tertiary alicyclic amines) is 1. The molecule has 0 saturated carbocycles. The van der Waals surface area contributed by atoms with Crippen molar-refractivity contribution in [1.82, 2.24) is 25.3 Å². The second-order valence-corrected chi connectivity index (χ2v) is 13.6. The smallest absolute Gasteiger partial charge is 0.253 e. The van der Waals surface area contributed by atoms with Crippen LogP contribution in [0.15, 0.2) is 24.3 Å². The zero-order valence-corrected chi connectivity index (χ0v) is 29.4. The van der Waals surface area contributed by atoms with Crippen molar-refractivity contribution in [2.75, 3.05) is 32.7 Å². The summed E-state index contributed by atoms with van der Waals surface area (Å²) >= 11 is 1.18. The zero-order chi connectivity index (χ0) is 36.5. The molecule has 0 aromatic carbocycles. The predicted molar refractivity (Wildman–Crippen MR) is 184 cm³/mol. The quantitative estimate of drug-likeness (QED) is 0.0436. The molecule has 1 fully saturated rings. The molecule has 3 N–H and O–H groups in total. The number of imide groups is 3. The first-order chi connectivity index (χ1) is 24.0. The van der Waals surface area contributed by atoms with E-state index in [0.717, 1.165) is 35.5 Å². The summed E-state index contributed by atoms with van der Waals surface area (Å²) in [5.74, 6) is -2.71. The summed E-state index contributed by atoms with van der Waals surface area (Å²) in [6.45, 7) is 3.24. The van der Waals surface area contributed by atoms with E-state index in [9.17, 15) is 38.4 Å². The average molecular weight is 717 g/mol. The maximum atomic E-state index is 13.2. The van der Waals surface area contributed by atoms with Crippen LogP contribution < -0.4 is 10.6 Å². The van der Waals surface area contributed by atoms with E-state index in [2.05, 4.69) is 10.6 Å². The lowest BCUT2D eigenvalue weighted by Gasteiger charge is -2.22. The molecule has 274 valence electrons. The van der Waals surface area contributed by atoms with E-state index in [1.54, 1.807) is 0 Å². The topological polar surface area (TPSA) is 203 Å². The van der Waals surface area contributed by atoms with E-state index in [-0.39, 0.29) is 73.7 Å². The van der Waals surface area contributed by atoms with E-state index in [0.29, 0.717) is 58.2 Å². The highest BCUT2D eigenvalue weighted by Crippen LogP contribution is 2.32. The summed E-state index contributed by atoms with van der Waals surface area (Å²) in [6.07, 6.45) is 11.4. The Morgan fingerprint density at radius 2 is 1.28 bits per heavy atom. The van der Waals surface area contributed by atoms with E-state index in [4.69, 9.17) is 10.1 Å². The van der Waals surface area contributed by atoms with Crippen LogP contribution >= 0.6 is 11.8 Å². The monoisotopic (exact) mass is 716 g/mol. The van der Waals surface area contributed by atoms with Crippen LogP contribution in [0.1, 0.15) is 90.4 Å².